The van der Waals surface area contributed by atoms with Gasteiger partial charge in [0.15, 0.2) is 0 Å². The molecule has 1 aromatic carbocycles. The van der Waals surface area contributed by atoms with Gasteiger partial charge in [-0.05, 0) is 54.2 Å². The van der Waals surface area contributed by atoms with E-state index < -0.39 is 7.12 Å². The van der Waals surface area contributed by atoms with Crippen LogP contribution in [0.5, 0.6) is 5.75 Å². The lowest BCUT2D eigenvalue weighted by Crippen LogP contribution is -2.27. The Kier molecular flexibility index (Phi) is 6.89. The van der Waals surface area contributed by atoms with Gasteiger partial charge in [0.2, 0.25) is 0 Å². The third kappa shape index (κ3) is 5.15. The van der Waals surface area contributed by atoms with Gasteiger partial charge < -0.3 is 14.4 Å². The van der Waals surface area contributed by atoms with E-state index in [4.69, 9.17) is 21.0 Å². The molecule has 0 radical (unpaired) electrons. The number of aryl methyl sites for hydroxylation is 1. The molecule has 1 atom stereocenters. The lowest BCUT2D eigenvalue weighted by atomic mass is 9.79. The zero-order valence-electron chi connectivity index (χ0n) is 16.5. The SMILES string of the molecule is CCn1cc(Cc2cc(OC)cnc2Cl)cn1.C[C@H]1OB(O)c2ccc(F)cc21. The Morgan fingerprint density at radius 1 is 1.34 bits per heavy atom. The fourth-order valence-corrected chi connectivity index (χ4v) is 3.23. The van der Waals surface area contributed by atoms with Crippen LogP contribution < -0.4 is 10.2 Å². The summed E-state index contributed by atoms with van der Waals surface area (Å²) >= 11 is 6.05. The molecule has 0 aliphatic carbocycles. The Labute approximate surface area is 174 Å². The van der Waals surface area contributed by atoms with Crippen molar-refractivity contribution in [2.45, 2.75) is 32.9 Å². The number of hydrogen-bond acceptors (Lipinski definition) is 5. The highest BCUT2D eigenvalue weighted by Gasteiger charge is 2.32. The molecule has 1 N–H and O–H groups in total. The summed E-state index contributed by atoms with van der Waals surface area (Å²) in [6.07, 6.45) is 5.96. The minimum Gasteiger partial charge on any atom is -0.495 e. The second-order valence-electron chi connectivity index (χ2n) is 6.61. The molecule has 3 aromatic rings. The van der Waals surface area contributed by atoms with E-state index in [-0.39, 0.29) is 11.9 Å². The highest BCUT2D eigenvalue weighted by Crippen LogP contribution is 2.23. The minimum absolute atomic E-state index is 0.217. The summed E-state index contributed by atoms with van der Waals surface area (Å²) in [6, 6.07) is 6.18. The first-order valence-electron chi connectivity index (χ1n) is 9.23. The fraction of sp³-hybridized carbons (Fsp3) is 0.300. The number of halogens is 2. The molecule has 4 rings (SSSR count). The highest BCUT2D eigenvalue weighted by atomic mass is 35.5. The van der Waals surface area contributed by atoms with E-state index in [0.717, 1.165) is 23.2 Å². The number of nitrogens with zero attached hydrogens (tertiary/aromatic N) is 3. The van der Waals surface area contributed by atoms with Gasteiger partial charge in [-0.15, -0.1) is 0 Å². The van der Waals surface area contributed by atoms with Crippen LogP contribution in [0.2, 0.25) is 5.15 Å². The Hall–Kier alpha value is -2.42. The zero-order chi connectivity index (χ0) is 21.0. The number of fused-ring (bicyclic) bond motifs is 1. The van der Waals surface area contributed by atoms with E-state index in [1.165, 1.54) is 12.1 Å². The molecule has 152 valence electrons. The summed E-state index contributed by atoms with van der Waals surface area (Å²) in [7, 11) is 0.722. The first-order valence-corrected chi connectivity index (χ1v) is 9.61. The van der Waals surface area contributed by atoms with Crippen molar-refractivity contribution < 1.29 is 18.8 Å². The number of pyridine rings is 1. The van der Waals surface area contributed by atoms with Crippen molar-refractivity contribution in [1.29, 1.82) is 0 Å². The largest absolute Gasteiger partial charge is 0.495 e. The van der Waals surface area contributed by atoms with Gasteiger partial charge in [-0.3, -0.25) is 4.68 Å². The molecule has 29 heavy (non-hydrogen) atoms. The van der Waals surface area contributed by atoms with Gasteiger partial charge in [0.05, 0.1) is 25.6 Å². The molecule has 1 aliphatic heterocycles. The van der Waals surface area contributed by atoms with Crippen molar-refractivity contribution in [3.8, 4) is 5.75 Å². The van der Waals surface area contributed by atoms with Crippen LogP contribution in [-0.2, 0) is 17.6 Å². The standard InChI is InChI=1S/C12H14ClN3O.C8H8BFO2/c1-3-16-8-9(6-15-16)4-10-5-11(17-2)7-14-12(10)13;1-5-7-4-6(10)2-3-8(7)9(11)12-5/h5-8H,3-4H2,1-2H3;2-5,11H,1H3/t;5-/m.1/s1. The minimum atomic E-state index is -0.893. The summed E-state index contributed by atoms with van der Waals surface area (Å²) in [6.45, 7) is 4.70. The Morgan fingerprint density at radius 2 is 2.14 bits per heavy atom. The molecule has 0 saturated heterocycles. The average Bonchev–Trinajstić information content (AvgIpc) is 3.28. The van der Waals surface area contributed by atoms with Crippen LogP contribution >= 0.6 is 11.6 Å². The van der Waals surface area contributed by atoms with Crippen molar-refractivity contribution in [2.75, 3.05) is 7.11 Å². The van der Waals surface area contributed by atoms with E-state index in [9.17, 15) is 9.41 Å². The summed E-state index contributed by atoms with van der Waals surface area (Å²) in [4.78, 5) is 4.09. The van der Waals surface area contributed by atoms with Gasteiger partial charge in [-0.25, -0.2) is 9.37 Å². The third-order valence-electron chi connectivity index (χ3n) is 4.61. The van der Waals surface area contributed by atoms with E-state index in [1.807, 2.05) is 23.1 Å². The number of aromatic nitrogens is 3. The topological polar surface area (TPSA) is 69.4 Å². The van der Waals surface area contributed by atoms with Crippen molar-refractivity contribution in [1.82, 2.24) is 14.8 Å². The summed E-state index contributed by atoms with van der Waals surface area (Å²) in [5.74, 6) is 0.422. The Balaban J connectivity index is 0.000000176. The molecule has 3 heterocycles. The molecular formula is C20H22BClFN3O3. The van der Waals surface area contributed by atoms with E-state index in [1.54, 1.807) is 26.3 Å². The summed E-state index contributed by atoms with van der Waals surface area (Å²) in [5.41, 5.74) is 3.47. The molecule has 0 fully saturated rings. The quantitative estimate of drug-likeness (QED) is 0.522. The third-order valence-corrected chi connectivity index (χ3v) is 4.95. The molecule has 0 spiro atoms. The second kappa shape index (κ2) is 9.39. The Morgan fingerprint density at radius 3 is 2.83 bits per heavy atom. The lowest BCUT2D eigenvalue weighted by molar-refractivity contribution is 0.208. The van der Waals surface area contributed by atoms with E-state index >= 15 is 0 Å². The van der Waals surface area contributed by atoms with E-state index in [0.29, 0.717) is 22.8 Å². The first kappa shape index (κ1) is 21.3. The predicted molar refractivity (Wildman–Crippen MR) is 110 cm³/mol. The van der Waals surface area contributed by atoms with Gasteiger partial charge in [0.25, 0.3) is 0 Å². The number of benzene rings is 1. The van der Waals surface area contributed by atoms with E-state index in [2.05, 4.69) is 17.0 Å². The van der Waals surface area contributed by atoms with Crippen LogP contribution in [-0.4, -0.2) is 34.0 Å². The first-order chi connectivity index (χ1) is 13.9. The van der Waals surface area contributed by atoms with Crippen molar-refractivity contribution >= 4 is 24.2 Å². The monoisotopic (exact) mass is 417 g/mol. The number of methoxy groups -OCH3 is 1. The van der Waals surface area contributed by atoms with Crippen LogP contribution in [0.1, 0.15) is 36.6 Å². The van der Waals surface area contributed by atoms with Crippen LogP contribution in [0.15, 0.2) is 42.9 Å². The van der Waals surface area contributed by atoms with Gasteiger partial charge >= 0.3 is 7.12 Å². The second-order valence-corrected chi connectivity index (χ2v) is 6.97. The fourth-order valence-electron chi connectivity index (χ4n) is 3.06. The van der Waals surface area contributed by atoms with Crippen molar-refractivity contribution in [3.05, 3.63) is 70.5 Å². The maximum Gasteiger partial charge on any atom is 0.491 e. The van der Waals surface area contributed by atoms with Crippen LogP contribution in [0.4, 0.5) is 4.39 Å². The Bertz CT molecular complexity index is 985. The molecule has 0 unspecified atom stereocenters. The van der Waals surface area contributed by atoms with Gasteiger partial charge in [0.1, 0.15) is 16.7 Å². The smallest absolute Gasteiger partial charge is 0.491 e. The van der Waals surface area contributed by atoms with Gasteiger partial charge in [0, 0.05) is 19.2 Å². The normalized spacial score (nSPS) is 15.0. The highest BCUT2D eigenvalue weighted by molar-refractivity contribution is 6.61. The van der Waals surface area contributed by atoms with Gasteiger partial charge in [-0.2, -0.15) is 5.10 Å². The molecule has 1 aliphatic rings. The maximum atomic E-state index is 12.7. The average molecular weight is 418 g/mol. The summed E-state index contributed by atoms with van der Waals surface area (Å²) < 4.78 is 24.8. The molecular weight excluding hydrogens is 396 g/mol. The number of ether oxygens (including phenoxy) is 1. The van der Waals surface area contributed by atoms with Crippen molar-refractivity contribution in [2.24, 2.45) is 0 Å². The van der Waals surface area contributed by atoms with Crippen LogP contribution in [0.3, 0.4) is 0 Å². The lowest BCUT2D eigenvalue weighted by Gasteiger charge is -2.04. The molecule has 9 heteroatoms. The molecule has 0 amide bonds. The molecule has 0 saturated carbocycles. The maximum absolute atomic E-state index is 12.7. The number of rotatable bonds is 4. The number of hydrogen-bond donors (Lipinski definition) is 1. The molecule has 6 nitrogen and oxygen atoms in total. The van der Waals surface area contributed by atoms with Gasteiger partial charge in [-0.1, -0.05) is 17.7 Å². The van der Waals surface area contributed by atoms with Crippen LogP contribution in [0, 0.1) is 5.82 Å². The zero-order valence-corrected chi connectivity index (χ0v) is 17.2. The molecule has 0 bridgehead atoms. The van der Waals surface area contributed by atoms with Crippen molar-refractivity contribution in [3.63, 3.8) is 0 Å². The van der Waals surface area contributed by atoms with Crippen LogP contribution in [0.25, 0.3) is 0 Å². The molecule has 2 aromatic heterocycles. The summed E-state index contributed by atoms with van der Waals surface area (Å²) in [5, 5.41) is 14.0. The predicted octanol–water partition coefficient (Wildman–Crippen LogP) is 3.16.